The van der Waals surface area contributed by atoms with Crippen LogP contribution in [0.4, 0.5) is 5.82 Å². The maximum Gasteiger partial charge on any atom is 0.163 e. The molecule has 1 N–H and O–H groups in total. The van der Waals surface area contributed by atoms with Crippen LogP contribution >= 0.6 is 11.6 Å². The largest absolute Gasteiger partial charge is 0.343 e. The van der Waals surface area contributed by atoms with Crippen LogP contribution < -0.4 is 5.32 Å². The molecule has 3 aromatic rings. The highest BCUT2D eigenvalue weighted by atomic mass is 35.5. The van der Waals surface area contributed by atoms with Gasteiger partial charge in [-0.1, -0.05) is 54.1 Å². The summed E-state index contributed by atoms with van der Waals surface area (Å²) in [5.74, 6) is 1.16. The fourth-order valence-electron chi connectivity index (χ4n) is 4.34. The molecule has 4 nitrogen and oxygen atoms in total. The number of benzene rings is 2. The Morgan fingerprint density at radius 3 is 2.57 bits per heavy atom. The van der Waals surface area contributed by atoms with Crippen LogP contribution in [-0.4, -0.2) is 15.6 Å². The number of rotatable bonds is 2. The van der Waals surface area contributed by atoms with Gasteiger partial charge in [-0.25, -0.2) is 4.68 Å². The fourth-order valence-corrected chi connectivity index (χ4v) is 4.46. The molecule has 2 heterocycles. The van der Waals surface area contributed by atoms with Crippen molar-refractivity contribution in [1.29, 1.82) is 0 Å². The molecule has 1 aromatic heterocycles. The summed E-state index contributed by atoms with van der Waals surface area (Å²) in [5, 5.41) is 9.13. The number of allylic oxidation sites excluding steroid dienone is 2. The zero-order valence-electron chi connectivity index (χ0n) is 15.6. The van der Waals surface area contributed by atoms with Crippen LogP contribution in [0.1, 0.15) is 36.6 Å². The van der Waals surface area contributed by atoms with Crippen molar-refractivity contribution in [3.8, 4) is 11.1 Å². The molecule has 0 fully saturated rings. The molecular weight excluding hydrogens is 370 g/mol. The average molecular weight is 390 g/mol. The van der Waals surface area contributed by atoms with E-state index in [0.29, 0.717) is 11.4 Å². The molecule has 0 amide bonds. The second-order valence-corrected chi connectivity index (χ2v) is 7.80. The summed E-state index contributed by atoms with van der Waals surface area (Å²) in [6.45, 7) is 2.01. The third kappa shape index (κ3) is 2.68. The lowest BCUT2D eigenvalue weighted by atomic mass is 9.85. The predicted molar refractivity (Wildman–Crippen MR) is 111 cm³/mol. The van der Waals surface area contributed by atoms with Crippen molar-refractivity contribution in [3.63, 3.8) is 0 Å². The minimum absolute atomic E-state index is 0.194. The Morgan fingerprint density at radius 2 is 1.82 bits per heavy atom. The third-order valence-corrected chi connectivity index (χ3v) is 5.83. The SMILES string of the molecule is Cc1nn2c(c1-c1ccc(Cl)cc1)NC1=C(C(=O)CCC1)[C@H]2c1ccccc1. The third-order valence-electron chi connectivity index (χ3n) is 5.58. The molecule has 0 bridgehead atoms. The number of anilines is 1. The van der Waals surface area contributed by atoms with E-state index < -0.39 is 0 Å². The first-order valence-corrected chi connectivity index (χ1v) is 9.94. The number of hydrogen-bond donors (Lipinski definition) is 1. The van der Waals surface area contributed by atoms with Gasteiger partial charge < -0.3 is 5.32 Å². The standard InChI is InChI=1S/C23H20ClN3O/c1-14-20(15-10-12-17(24)13-11-15)23-25-18-8-5-9-19(28)21(18)22(27(23)26-14)16-6-3-2-4-7-16/h2-4,6-7,10-13,22,25H,5,8-9H2,1H3/t22-/m1/s1. The molecule has 0 spiro atoms. The van der Waals surface area contributed by atoms with E-state index in [2.05, 4.69) is 17.4 Å². The van der Waals surface area contributed by atoms with Crippen molar-refractivity contribution < 1.29 is 4.79 Å². The molecule has 0 saturated carbocycles. The van der Waals surface area contributed by atoms with E-state index in [-0.39, 0.29) is 11.8 Å². The molecule has 5 rings (SSSR count). The summed E-state index contributed by atoms with van der Waals surface area (Å²) >= 11 is 6.09. The monoisotopic (exact) mass is 389 g/mol. The number of ketones is 1. The van der Waals surface area contributed by atoms with Crippen LogP contribution in [0.15, 0.2) is 65.9 Å². The number of Topliss-reactive ketones (excluding diaryl/α,β-unsaturated/α-hetero) is 1. The lowest BCUT2D eigenvalue weighted by Gasteiger charge is -2.33. The minimum atomic E-state index is -0.194. The lowest BCUT2D eigenvalue weighted by Crippen LogP contribution is -2.31. The van der Waals surface area contributed by atoms with Crippen LogP contribution in [0.25, 0.3) is 11.1 Å². The molecule has 28 heavy (non-hydrogen) atoms. The summed E-state index contributed by atoms with van der Waals surface area (Å²) in [4.78, 5) is 12.9. The second kappa shape index (κ2) is 6.64. The molecular formula is C23H20ClN3O. The number of aromatic nitrogens is 2. The number of nitrogens with one attached hydrogen (secondary N) is 1. The molecule has 0 saturated heterocycles. The predicted octanol–water partition coefficient (Wildman–Crippen LogP) is 5.53. The number of nitrogens with zero attached hydrogens (tertiary/aromatic N) is 2. The van der Waals surface area contributed by atoms with Gasteiger partial charge in [0.15, 0.2) is 5.78 Å². The van der Waals surface area contributed by atoms with Gasteiger partial charge >= 0.3 is 0 Å². The zero-order chi connectivity index (χ0) is 19.3. The number of aryl methyl sites for hydroxylation is 1. The average Bonchev–Trinajstić information content (AvgIpc) is 3.03. The van der Waals surface area contributed by atoms with E-state index in [1.807, 2.05) is 54.1 Å². The van der Waals surface area contributed by atoms with Crippen LogP contribution in [0, 0.1) is 6.92 Å². The molecule has 140 valence electrons. The van der Waals surface area contributed by atoms with E-state index >= 15 is 0 Å². The van der Waals surface area contributed by atoms with Gasteiger partial charge in [-0.15, -0.1) is 0 Å². The fraction of sp³-hybridized carbons (Fsp3) is 0.217. The maximum absolute atomic E-state index is 12.9. The lowest BCUT2D eigenvalue weighted by molar-refractivity contribution is -0.116. The van der Waals surface area contributed by atoms with Crippen LogP contribution in [0.2, 0.25) is 5.02 Å². The Bertz CT molecular complexity index is 1100. The number of carbonyl (C=O) groups is 1. The van der Waals surface area contributed by atoms with Gasteiger partial charge in [0.05, 0.1) is 5.69 Å². The smallest absolute Gasteiger partial charge is 0.163 e. The van der Waals surface area contributed by atoms with E-state index in [9.17, 15) is 4.79 Å². The Balaban J connectivity index is 1.74. The van der Waals surface area contributed by atoms with Gasteiger partial charge in [0.2, 0.25) is 0 Å². The first-order chi connectivity index (χ1) is 13.6. The molecule has 2 aromatic carbocycles. The topological polar surface area (TPSA) is 46.9 Å². The van der Waals surface area contributed by atoms with Gasteiger partial charge in [-0.2, -0.15) is 5.10 Å². The zero-order valence-corrected chi connectivity index (χ0v) is 16.3. The number of hydrogen-bond acceptors (Lipinski definition) is 3. The summed E-state index contributed by atoms with van der Waals surface area (Å²) in [7, 11) is 0. The first-order valence-electron chi connectivity index (χ1n) is 9.57. The van der Waals surface area contributed by atoms with Crippen molar-refractivity contribution in [2.24, 2.45) is 0 Å². The van der Waals surface area contributed by atoms with Gasteiger partial charge in [0.1, 0.15) is 11.9 Å². The van der Waals surface area contributed by atoms with Crippen molar-refractivity contribution in [3.05, 3.63) is 82.1 Å². The Morgan fingerprint density at radius 1 is 1.07 bits per heavy atom. The van der Waals surface area contributed by atoms with E-state index in [1.165, 1.54) is 0 Å². The van der Waals surface area contributed by atoms with Gasteiger partial charge in [0, 0.05) is 28.3 Å². The summed E-state index contributed by atoms with van der Waals surface area (Å²) < 4.78 is 1.98. The van der Waals surface area contributed by atoms with Gasteiger partial charge in [-0.05, 0) is 43.0 Å². The Hall–Kier alpha value is -2.85. The van der Waals surface area contributed by atoms with Crippen molar-refractivity contribution >= 4 is 23.2 Å². The summed E-state index contributed by atoms with van der Waals surface area (Å²) in [6.07, 6.45) is 2.37. The van der Waals surface area contributed by atoms with E-state index in [4.69, 9.17) is 16.7 Å². The molecule has 0 unspecified atom stereocenters. The Labute approximate surface area is 168 Å². The van der Waals surface area contributed by atoms with E-state index in [1.54, 1.807) is 0 Å². The van der Waals surface area contributed by atoms with Gasteiger partial charge in [0.25, 0.3) is 0 Å². The van der Waals surface area contributed by atoms with Crippen LogP contribution in [-0.2, 0) is 4.79 Å². The Kier molecular flexibility index (Phi) is 4.09. The summed E-state index contributed by atoms with van der Waals surface area (Å²) in [6, 6.07) is 17.8. The first kappa shape index (κ1) is 17.3. The number of carbonyl (C=O) groups excluding carboxylic acids is 1. The van der Waals surface area contributed by atoms with Crippen molar-refractivity contribution in [2.75, 3.05) is 5.32 Å². The highest BCUT2D eigenvalue weighted by molar-refractivity contribution is 6.30. The molecule has 1 atom stereocenters. The van der Waals surface area contributed by atoms with E-state index in [0.717, 1.165) is 52.3 Å². The van der Waals surface area contributed by atoms with Crippen molar-refractivity contribution in [1.82, 2.24) is 9.78 Å². The van der Waals surface area contributed by atoms with Crippen molar-refractivity contribution in [2.45, 2.75) is 32.2 Å². The highest BCUT2D eigenvalue weighted by Gasteiger charge is 2.37. The molecule has 5 heteroatoms. The molecule has 1 aliphatic carbocycles. The maximum atomic E-state index is 12.9. The number of fused-ring (bicyclic) bond motifs is 1. The molecule has 1 aliphatic heterocycles. The van der Waals surface area contributed by atoms with Gasteiger partial charge in [-0.3, -0.25) is 4.79 Å². The van der Waals surface area contributed by atoms with Crippen LogP contribution in [0.5, 0.6) is 0 Å². The highest BCUT2D eigenvalue weighted by Crippen LogP contribution is 2.44. The number of halogens is 1. The normalized spacial score (nSPS) is 18.5. The summed E-state index contributed by atoms with van der Waals surface area (Å²) in [5.41, 5.74) is 6.02. The second-order valence-electron chi connectivity index (χ2n) is 7.37. The molecule has 0 radical (unpaired) electrons. The van der Waals surface area contributed by atoms with Crippen LogP contribution in [0.3, 0.4) is 0 Å². The quantitative estimate of drug-likeness (QED) is 0.626. The molecule has 2 aliphatic rings. The minimum Gasteiger partial charge on any atom is -0.343 e.